The second kappa shape index (κ2) is 7.62. The Labute approximate surface area is 162 Å². The van der Waals surface area contributed by atoms with Gasteiger partial charge in [-0.1, -0.05) is 36.4 Å². The van der Waals surface area contributed by atoms with Crippen LogP contribution >= 0.6 is 11.3 Å². The van der Waals surface area contributed by atoms with Crippen LogP contribution in [-0.2, 0) is 11.2 Å². The quantitative estimate of drug-likeness (QED) is 0.706. The van der Waals surface area contributed by atoms with Gasteiger partial charge in [0, 0.05) is 11.4 Å². The first-order valence-corrected chi connectivity index (χ1v) is 9.91. The van der Waals surface area contributed by atoms with Crippen LogP contribution in [0.25, 0.3) is 0 Å². The molecule has 1 aliphatic rings. The predicted molar refractivity (Wildman–Crippen MR) is 108 cm³/mol. The molecule has 1 amide bonds. The Morgan fingerprint density at radius 1 is 1.22 bits per heavy atom. The Morgan fingerprint density at radius 2 is 2.04 bits per heavy atom. The van der Waals surface area contributed by atoms with Crippen LogP contribution in [0.5, 0.6) is 0 Å². The Morgan fingerprint density at radius 3 is 2.81 bits per heavy atom. The summed E-state index contributed by atoms with van der Waals surface area (Å²) in [5, 5.41) is 4.84. The largest absolute Gasteiger partial charge is 0.322 e. The van der Waals surface area contributed by atoms with Gasteiger partial charge in [-0.2, -0.15) is 0 Å². The maximum Gasteiger partial charge on any atom is 0.238 e. The highest BCUT2D eigenvalue weighted by molar-refractivity contribution is 7.10. The summed E-state index contributed by atoms with van der Waals surface area (Å²) < 4.78 is 14.1. The molecular formula is C22H21FN2OS. The van der Waals surface area contributed by atoms with Crippen LogP contribution in [0, 0.1) is 12.7 Å². The molecule has 2 aromatic carbocycles. The minimum Gasteiger partial charge on any atom is -0.322 e. The molecule has 0 saturated carbocycles. The van der Waals surface area contributed by atoms with E-state index in [0.29, 0.717) is 0 Å². The minimum absolute atomic E-state index is 0.0508. The fourth-order valence-electron chi connectivity index (χ4n) is 3.66. The van der Waals surface area contributed by atoms with Gasteiger partial charge in [-0.05, 0) is 53.6 Å². The van der Waals surface area contributed by atoms with Crippen LogP contribution in [0.15, 0.2) is 60.0 Å². The van der Waals surface area contributed by atoms with Crippen LogP contribution in [-0.4, -0.2) is 23.9 Å². The number of rotatable bonds is 4. The molecule has 0 radical (unpaired) electrons. The standard InChI is InChI=1S/C22H21FN2OS/c1-15-7-8-19(18(23)13-15)24-21(26)14-25-11-9-20-17(10-12-27-20)22(25)16-5-3-2-4-6-16/h2-8,10,12-13,22H,9,11,14H2,1H3,(H,24,26)/t22-/m0/s1. The van der Waals surface area contributed by atoms with Gasteiger partial charge in [0.25, 0.3) is 0 Å². The lowest BCUT2D eigenvalue weighted by atomic mass is 9.93. The van der Waals surface area contributed by atoms with Crippen molar-refractivity contribution in [1.82, 2.24) is 4.90 Å². The van der Waals surface area contributed by atoms with Gasteiger partial charge in [-0.25, -0.2) is 4.39 Å². The number of hydrogen-bond donors (Lipinski definition) is 1. The molecule has 0 fully saturated rings. The zero-order chi connectivity index (χ0) is 18.8. The minimum atomic E-state index is -0.401. The lowest BCUT2D eigenvalue weighted by Crippen LogP contribution is -2.40. The van der Waals surface area contributed by atoms with Crippen LogP contribution in [0.4, 0.5) is 10.1 Å². The second-order valence-corrected chi connectivity index (χ2v) is 7.86. The van der Waals surface area contributed by atoms with E-state index in [-0.39, 0.29) is 24.2 Å². The molecule has 27 heavy (non-hydrogen) atoms. The Bertz CT molecular complexity index is 954. The van der Waals surface area contributed by atoms with Gasteiger partial charge >= 0.3 is 0 Å². The van der Waals surface area contributed by atoms with E-state index in [1.807, 2.05) is 25.1 Å². The van der Waals surface area contributed by atoms with Crippen molar-refractivity contribution in [3.8, 4) is 0 Å². The number of thiophene rings is 1. The van der Waals surface area contributed by atoms with E-state index in [1.54, 1.807) is 23.5 Å². The average Bonchev–Trinajstić information content (AvgIpc) is 3.13. The zero-order valence-electron chi connectivity index (χ0n) is 15.1. The van der Waals surface area contributed by atoms with Crippen molar-refractivity contribution in [2.45, 2.75) is 19.4 Å². The molecule has 4 rings (SSSR count). The summed E-state index contributed by atoms with van der Waals surface area (Å²) in [5.74, 6) is -0.598. The summed E-state index contributed by atoms with van der Waals surface area (Å²) >= 11 is 1.77. The third kappa shape index (κ3) is 3.80. The Kier molecular flexibility index (Phi) is 5.05. The van der Waals surface area contributed by atoms with Gasteiger partial charge in [0.2, 0.25) is 5.91 Å². The number of benzene rings is 2. The molecule has 3 aromatic rings. The Hall–Kier alpha value is -2.50. The van der Waals surface area contributed by atoms with Crippen molar-refractivity contribution >= 4 is 22.9 Å². The highest BCUT2D eigenvalue weighted by atomic mass is 32.1. The summed E-state index contributed by atoms with van der Waals surface area (Å²) in [7, 11) is 0. The third-order valence-electron chi connectivity index (χ3n) is 4.93. The van der Waals surface area contributed by atoms with Gasteiger partial charge in [0.15, 0.2) is 0 Å². The van der Waals surface area contributed by atoms with E-state index >= 15 is 0 Å². The molecule has 1 aromatic heterocycles. The number of nitrogens with zero attached hydrogens (tertiary/aromatic N) is 1. The van der Waals surface area contributed by atoms with Crippen molar-refractivity contribution < 1.29 is 9.18 Å². The first-order chi connectivity index (χ1) is 13.1. The van der Waals surface area contributed by atoms with Crippen molar-refractivity contribution in [1.29, 1.82) is 0 Å². The number of anilines is 1. The molecule has 0 unspecified atom stereocenters. The van der Waals surface area contributed by atoms with Gasteiger partial charge in [0.05, 0.1) is 18.3 Å². The third-order valence-corrected chi connectivity index (χ3v) is 5.92. The van der Waals surface area contributed by atoms with Crippen LogP contribution in [0.2, 0.25) is 0 Å². The highest BCUT2D eigenvalue weighted by Gasteiger charge is 2.30. The monoisotopic (exact) mass is 380 g/mol. The normalized spacial score (nSPS) is 16.7. The molecular weight excluding hydrogens is 359 g/mol. The number of halogens is 1. The smallest absolute Gasteiger partial charge is 0.238 e. The van der Waals surface area contributed by atoms with E-state index in [4.69, 9.17) is 0 Å². The maximum atomic E-state index is 14.1. The molecule has 138 valence electrons. The van der Waals surface area contributed by atoms with Crippen LogP contribution in [0.3, 0.4) is 0 Å². The van der Waals surface area contributed by atoms with Crippen molar-refractivity contribution in [2.24, 2.45) is 0 Å². The number of hydrogen-bond acceptors (Lipinski definition) is 3. The van der Waals surface area contributed by atoms with E-state index in [9.17, 15) is 9.18 Å². The summed E-state index contributed by atoms with van der Waals surface area (Å²) in [4.78, 5) is 16.2. The van der Waals surface area contributed by atoms with Crippen molar-refractivity contribution in [2.75, 3.05) is 18.4 Å². The molecule has 5 heteroatoms. The van der Waals surface area contributed by atoms with Gasteiger partial charge in [0.1, 0.15) is 5.82 Å². The number of aryl methyl sites for hydroxylation is 1. The molecule has 0 spiro atoms. The fraction of sp³-hybridized carbons (Fsp3) is 0.227. The lowest BCUT2D eigenvalue weighted by Gasteiger charge is -2.35. The first-order valence-electron chi connectivity index (χ1n) is 9.03. The number of nitrogens with one attached hydrogen (secondary N) is 1. The fourth-order valence-corrected chi connectivity index (χ4v) is 4.56. The van der Waals surface area contributed by atoms with Crippen LogP contribution < -0.4 is 5.32 Å². The summed E-state index contributed by atoms with van der Waals surface area (Å²) in [5.41, 5.74) is 3.50. The summed E-state index contributed by atoms with van der Waals surface area (Å²) in [6.45, 7) is 2.85. The predicted octanol–water partition coefficient (Wildman–Crippen LogP) is 4.78. The topological polar surface area (TPSA) is 32.3 Å². The molecule has 1 aliphatic heterocycles. The molecule has 2 heterocycles. The van der Waals surface area contributed by atoms with E-state index < -0.39 is 5.82 Å². The first kappa shape index (κ1) is 17.9. The summed E-state index contributed by atoms with van der Waals surface area (Å²) in [6, 6.07) is 17.3. The van der Waals surface area contributed by atoms with E-state index in [2.05, 4.69) is 33.8 Å². The zero-order valence-corrected chi connectivity index (χ0v) is 15.9. The van der Waals surface area contributed by atoms with E-state index in [1.165, 1.54) is 22.1 Å². The SMILES string of the molecule is Cc1ccc(NC(=O)CN2CCc3sccc3[C@@H]2c2ccccc2)c(F)c1. The number of fused-ring (bicyclic) bond motifs is 1. The molecule has 0 saturated heterocycles. The average molecular weight is 380 g/mol. The van der Waals surface area contributed by atoms with Gasteiger partial charge < -0.3 is 5.32 Å². The lowest BCUT2D eigenvalue weighted by molar-refractivity contribution is -0.117. The van der Waals surface area contributed by atoms with E-state index in [0.717, 1.165) is 18.5 Å². The van der Waals surface area contributed by atoms with Crippen molar-refractivity contribution in [3.63, 3.8) is 0 Å². The molecule has 1 atom stereocenters. The number of carbonyl (C=O) groups excluding carboxylic acids is 1. The highest BCUT2D eigenvalue weighted by Crippen LogP contribution is 2.37. The maximum absolute atomic E-state index is 14.1. The van der Waals surface area contributed by atoms with Gasteiger partial charge in [-0.15, -0.1) is 11.3 Å². The van der Waals surface area contributed by atoms with Crippen molar-refractivity contribution in [3.05, 3.63) is 87.4 Å². The number of carbonyl (C=O) groups is 1. The van der Waals surface area contributed by atoms with Gasteiger partial charge in [-0.3, -0.25) is 9.69 Å². The second-order valence-electron chi connectivity index (χ2n) is 6.86. The number of amides is 1. The Balaban J connectivity index is 1.56. The molecule has 0 bridgehead atoms. The molecule has 3 nitrogen and oxygen atoms in total. The molecule has 1 N–H and O–H groups in total. The molecule has 0 aliphatic carbocycles. The van der Waals surface area contributed by atoms with Crippen LogP contribution in [0.1, 0.15) is 27.6 Å². The summed E-state index contributed by atoms with van der Waals surface area (Å²) in [6.07, 6.45) is 0.933.